The average molecular weight is 471 g/mol. The lowest BCUT2D eigenvalue weighted by molar-refractivity contribution is -0.0683. The van der Waals surface area contributed by atoms with Gasteiger partial charge in [-0.3, -0.25) is 0 Å². The topological polar surface area (TPSA) is 53.0 Å². The third-order valence-corrected chi connectivity index (χ3v) is 12.3. The highest BCUT2D eigenvalue weighted by Gasteiger charge is 2.66. The molecule has 6 rings (SSSR count). The van der Waals surface area contributed by atoms with Crippen LogP contribution < -0.4 is 0 Å². The Balaban J connectivity index is 1.14. The Kier molecular flexibility index (Phi) is 5.87. The first kappa shape index (κ1) is 24.0. The standard InChI is InChI=1S/C31H50O3/c1-21-17-30(15-10-22(18-30)11-16-31(33)13-6-9-24(32)19-31)27-29(3,34-27)14-12-26-25(21)20-28(26,2)23-7-4-5-8-23/h22-27,32-33H,1,4-20H2,2-3H3. The van der Waals surface area contributed by atoms with Crippen molar-refractivity contribution in [2.24, 2.45) is 34.5 Å². The largest absolute Gasteiger partial charge is 0.393 e. The van der Waals surface area contributed by atoms with Crippen molar-refractivity contribution in [3.05, 3.63) is 12.2 Å². The van der Waals surface area contributed by atoms with Crippen molar-refractivity contribution < 1.29 is 14.9 Å². The molecule has 0 aromatic carbocycles. The summed E-state index contributed by atoms with van der Waals surface area (Å²) in [6.07, 6.45) is 20.1. The zero-order chi connectivity index (χ0) is 23.8. The maximum atomic E-state index is 11.1. The first-order valence-corrected chi connectivity index (χ1v) is 14.9. The zero-order valence-electron chi connectivity index (χ0n) is 22.0. The number of aliphatic hydroxyl groups excluding tert-OH is 1. The van der Waals surface area contributed by atoms with Crippen LogP contribution in [0.2, 0.25) is 0 Å². The summed E-state index contributed by atoms with van der Waals surface area (Å²) >= 11 is 0. The number of rotatable bonds is 4. The van der Waals surface area contributed by atoms with E-state index in [9.17, 15) is 10.2 Å². The average Bonchev–Trinajstić information content (AvgIpc) is 3.15. The number of hydrogen-bond donors (Lipinski definition) is 2. The fourth-order valence-corrected chi connectivity index (χ4v) is 10.3. The Morgan fingerprint density at radius 2 is 1.74 bits per heavy atom. The van der Waals surface area contributed by atoms with E-state index in [0.717, 1.165) is 49.9 Å². The molecule has 1 heterocycles. The summed E-state index contributed by atoms with van der Waals surface area (Å²) in [5.41, 5.74) is 1.82. The highest BCUT2D eigenvalue weighted by molar-refractivity contribution is 5.23. The molecule has 6 aliphatic rings. The van der Waals surface area contributed by atoms with Crippen molar-refractivity contribution in [1.82, 2.24) is 0 Å². The van der Waals surface area contributed by atoms with Crippen molar-refractivity contribution in [3.63, 3.8) is 0 Å². The molecule has 9 unspecified atom stereocenters. The summed E-state index contributed by atoms with van der Waals surface area (Å²) in [6.45, 7) is 9.80. The van der Waals surface area contributed by atoms with Crippen LogP contribution in [0.4, 0.5) is 0 Å². The van der Waals surface area contributed by atoms with Crippen molar-refractivity contribution in [3.8, 4) is 0 Å². The highest BCUT2D eigenvalue weighted by atomic mass is 16.6. The highest BCUT2D eigenvalue weighted by Crippen LogP contribution is 2.68. The van der Waals surface area contributed by atoms with Crippen molar-refractivity contribution in [2.45, 2.75) is 146 Å². The van der Waals surface area contributed by atoms with E-state index in [1.807, 2.05) is 0 Å². The second kappa shape index (κ2) is 8.32. The fraction of sp³-hybridized carbons (Fsp3) is 0.935. The Labute approximate surface area is 208 Å². The molecule has 6 fully saturated rings. The van der Waals surface area contributed by atoms with Crippen LogP contribution in [0.15, 0.2) is 12.2 Å². The quantitative estimate of drug-likeness (QED) is 0.345. The van der Waals surface area contributed by atoms with Crippen molar-refractivity contribution in [2.75, 3.05) is 0 Å². The molecule has 0 aromatic heterocycles. The first-order valence-electron chi connectivity index (χ1n) is 14.9. The molecule has 5 aliphatic carbocycles. The monoisotopic (exact) mass is 470 g/mol. The molecule has 0 amide bonds. The van der Waals surface area contributed by atoms with Gasteiger partial charge in [-0.25, -0.2) is 0 Å². The molecule has 1 saturated heterocycles. The van der Waals surface area contributed by atoms with E-state index in [2.05, 4.69) is 13.8 Å². The van der Waals surface area contributed by atoms with Gasteiger partial charge in [-0.15, -0.1) is 0 Å². The van der Waals surface area contributed by atoms with Gasteiger partial charge in [-0.2, -0.15) is 0 Å². The lowest BCUT2D eigenvalue weighted by atomic mass is 9.46. The van der Waals surface area contributed by atoms with Crippen LogP contribution in [-0.4, -0.2) is 33.6 Å². The van der Waals surface area contributed by atoms with Crippen LogP contribution in [0, 0.1) is 34.5 Å². The molecule has 5 saturated carbocycles. The SMILES string of the molecule is C=C1CC2(CCC(CCC3(O)CCCC(O)C3)C2)C2OC2(C)CCC2C1CC2(C)C1CCCC1. The molecule has 2 N–H and O–H groups in total. The van der Waals surface area contributed by atoms with Crippen LogP contribution in [0.3, 0.4) is 0 Å². The Hall–Kier alpha value is -0.380. The van der Waals surface area contributed by atoms with Crippen LogP contribution in [0.1, 0.15) is 123 Å². The fourth-order valence-electron chi connectivity index (χ4n) is 10.3. The molecule has 9 atom stereocenters. The molecule has 0 bridgehead atoms. The molecule has 3 heteroatoms. The van der Waals surface area contributed by atoms with E-state index >= 15 is 0 Å². The van der Waals surface area contributed by atoms with Crippen LogP contribution >= 0.6 is 0 Å². The Morgan fingerprint density at radius 1 is 0.941 bits per heavy atom. The van der Waals surface area contributed by atoms with Gasteiger partial charge < -0.3 is 14.9 Å². The second-order valence-electron chi connectivity index (χ2n) is 14.6. The van der Waals surface area contributed by atoms with Crippen molar-refractivity contribution >= 4 is 0 Å². The van der Waals surface area contributed by atoms with E-state index in [1.165, 1.54) is 70.6 Å². The number of allylic oxidation sites excluding steroid dienone is 1. The van der Waals surface area contributed by atoms with Crippen LogP contribution in [-0.2, 0) is 4.74 Å². The van der Waals surface area contributed by atoms with Gasteiger partial charge in [0.1, 0.15) is 0 Å². The number of fused-ring (bicyclic) bond motifs is 3. The molecule has 3 nitrogen and oxygen atoms in total. The summed E-state index contributed by atoms with van der Waals surface area (Å²) in [7, 11) is 0. The summed E-state index contributed by atoms with van der Waals surface area (Å²) in [4.78, 5) is 0. The molecule has 192 valence electrons. The van der Waals surface area contributed by atoms with Gasteiger partial charge in [0.25, 0.3) is 0 Å². The third-order valence-electron chi connectivity index (χ3n) is 12.3. The molecule has 0 aromatic rings. The lowest BCUT2D eigenvalue weighted by Gasteiger charge is -2.58. The lowest BCUT2D eigenvalue weighted by Crippen LogP contribution is -2.51. The molecule has 1 spiro atoms. The second-order valence-corrected chi connectivity index (χ2v) is 14.6. The van der Waals surface area contributed by atoms with Crippen LogP contribution in [0.25, 0.3) is 0 Å². The minimum atomic E-state index is -0.635. The predicted molar refractivity (Wildman–Crippen MR) is 136 cm³/mol. The molecule has 1 aliphatic heterocycles. The number of hydrogen-bond acceptors (Lipinski definition) is 3. The van der Waals surface area contributed by atoms with E-state index in [4.69, 9.17) is 11.3 Å². The van der Waals surface area contributed by atoms with E-state index in [1.54, 1.807) is 5.57 Å². The maximum Gasteiger partial charge on any atom is 0.0930 e. The minimum absolute atomic E-state index is 0.0852. The summed E-state index contributed by atoms with van der Waals surface area (Å²) < 4.78 is 6.62. The molecule has 0 radical (unpaired) electrons. The normalized spacial score (nSPS) is 53.5. The Morgan fingerprint density at radius 3 is 2.50 bits per heavy atom. The van der Waals surface area contributed by atoms with Gasteiger partial charge in [-0.05, 0) is 126 Å². The maximum absolute atomic E-state index is 11.1. The van der Waals surface area contributed by atoms with E-state index in [0.29, 0.717) is 23.9 Å². The zero-order valence-corrected chi connectivity index (χ0v) is 22.0. The number of ether oxygens (including phenoxy) is 1. The smallest absolute Gasteiger partial charge is 0.0930 e. The third kappa shape index (κ3) is 3.95. The van der Waals surface area contributed by atoms with E-state index < -0.39 is 5.60 Å². The van der Waals surface area contributed by atoms with Gasteiger partial charge in [0.2, 0.25) is 0 Å². The first-order chi connectivity index (χ1) is 16.1. The van der Waals surface area contributed by atoms with Gasteiger partial charge in [-0.1, -0.05) is 31.9 Å². The summed E-state index contributed by atoms with van der Waals surface area (Å²) in [5, 5.41) is 21.2. The van der Waals surface area contributed by atoms with Gasteiger partial charge in [0.05, 0.1) is 23.4 Å². The molecular weight excluding hydrogens is 420 g/mol. The predicted octanol–water partition coefficient (Wildman–Crippen LogP) is 6.95. The van der Waals surface area contributed by atoms with E-state index in [-0.39, 0.29) is 17.1 Å². The summed E-state index contributed by atoms with van der Waals surface area (Å²) in [6, 6.07) is 0. The Bertz CT molecular complexity index is 802. The number of epoxide rings is 1. The molecule has 34 heavy (non-hydrogen) atoms. The van der Waals surface area contributed by atoms with Gasteiger partial charge in [0.15, 0.2) is 0 Å². The van der Waals surface area contributed by atoms with Gasteiger partial charge in [0, 0.05) is 11.8 Å². The minimum Gasteiger partial charge on any atom is -0.393 e. The molecular formula is C31H50O3. The number of aliphatic hydroxyl groups is 2. The van der Waals surface area contributed by atoms with Crippen LogP contribution in [0.5, 0.6) is 0 Å². The van der Waals surface area contributed by atoms with Gasteiger partial charge >= 0.3 is 0 Å². The summed E-state index contributed by atoms with van der Waals surface area (Å²) in [5.74, 6) is 3.20. The van der Waals surface area contributed by atoms with Crippen molar-refractivity contribution in [1.29, 1.82) is 0 Å².